The van der Waals surface area contributed by atoms with Gasteiger partial charge in [-0.15, -0.1) is 0 Å². The number of ether oxygens (including phenoxy) is 2. The molecule has 0 radical (unpaired) electrons. The highest BCUT2D eigenvalue weighted by atomic mass is 16.5. The molecular weight excluding hydrogens is 246 g/mol. The maximum Gasteiger partial charge on any atom is 0.307 e. The van der Waals surface area contributed by atoms with Crippen LogP contribution in [0.3, 0.4) is 0 Å². The van der Waals surface area contributed by atoms with Gasteiger partial charge in [-0.25, -0.2) is 0 Å². The molecule has 0 aromatic rings. The fourth-order valence-corrected chi connectivity index (χ4v) is 3.00. The lowest BCUT2D eigenvalue weighted by Crippen LogP contribution is -2.47. The molecule has 2 aliphatic rings. The van der Waals surface area contributed by atoms with Crippen LogP contribution in [-0.2, 0) is 19.1 Å². The molecule has 0 bridgehead atoms. The van der Waals surface area contributed by atoms with Crippen LogP contribution in [0.5, 0.6) is 0 Å². The standard InChI is InChI=1S/C14H23NO4/c1-10-7-11(9-19-10)14(17)15-6-4-3-5-12(15)8-13(16)18-2/h10-12H,3-9H2,1-2H3. The lowest BCUT2D eigenvalue weighted by molar-refractivity contribution is -0.146. The first-order valence-electron chi connectivity index (χ1n) is 7.10. The first-order chi connectivity index (χ1) is 9.11. The molecule has 0 N–H and O–H groups in total. The summed E-state index contributed by atoms with van der Waals surface area (Å²) in [5.74, 6) is -0.119. The van der Waals surface area contributed by atoms with E-state index < -0.39 is 0 Å². The molecule has 1 amide bonds. The molecule has 2 aliphatic heterocycles. The van der Waals surface area contributed by atoms with Crippen LogP contribution in [0.25, 0.3) is 0 Å². The van der Waals surface area contributed by atoms with E-state index in [1.807, 2.05) is 11.8 Å². The first-order valence-corrected chi connectivity index (χ1v) is 7.10. The van der Waals surface area contributed by atoms with Gasteiger partial charge in [0.05, 0.1) is 32.2 Å². The van der Waals surface area contributed by atoms with Gasteiger partial charge < -0.3 is 14.4 Å². The third-order valence-corrected chi connectivity index (χ3v) is 4.09. The van der Waals surface area contributed by atoms with Crippen LogP contribution in [-0.4, -0.2) is 49.2 Å². The normalized spacial score (nSPS) is 31.3. The van der Waals surface area contributed by atoms with Crippen LogP contribution >= 0.6 is 0 Å². The molecule has 2 rings (SSSR count). The van der Waals surface area contributed by atoms with E-state index >= 15 is 0 Å². The minimum Gasteiger partial charge on any atom is -0.469 e. The average molecular weight is 269 g/mol. The van der Waals surface area contributed by atoms with Crippen molar-refractivity contribution >= 4 is 11.9 Å². The zero-order chi connectivity index (χ0) is 13.8. The smallest absolute Gasteiger partial charge is 0.307 e. The second-order valence-electron chi connectivity index (χ2n) is 5.54. The largest absolute Gasteiger partial charge is 0.469 e. The number of rotatable bonds is 3. The Kier molecular flexibility index (Phi) is 4.80. The molecule has 2 saturated heterocycles. The molecule has 108 valence electrons. The van der Waals surface area contributed by atoms with E-state index in [1.54, 1.807) is 0 Å². The molecule has 5 heteroatoms. The maximum absolute atomic E-state index is 12.5. The highest BCUT2D eigenvalue weighted by molar-refractivity contribution is 5.80. The van der Waals surface area contributed by atoms with Crippen LogP contribution in [0, 0.1) is 5.92 Å². The molecule has 2 fully saturated rings. The van der Waals surface area contributed by atoms with Crippen molar-refractivity contribution in [3.8, 4) is 0 Å². The van der Waals surface area contributed by atoms with E-state index in [0.717, 1.165) is 32.2 Å². The number of likely N-dealkylation sites (tertiary alicyclic amines) is 1. The Bertz CT molecular complexity index is 344. The van der Waals surface area contributed by atoms with E-state index in [0.29, 0.717) is 13.0 Å². The molecule has 0 aromatic carbocycles. The summed E-state index contributed by atoms with van der Waals surface area (Å²) < 4.78 is 10.2. The molecule has 0 aromatic heterocycles. The number of esters is 1. The SMILES string of the molecule is COC(=O)CC1CCCCN1C(=O)C1COC(C)C1. The Morgan fingerprint density at radius 2 is 2.16 bits per heavy atom. The van der Waals surface area contributed by atoms with Gasteiger partial charge in [-0.2, -0.15) is 0 Å². The summed E-state index contributed by atoms with van der Waals surface area (Å²) in [7, 11) is 1.39. The number of hydrogen-bond acceptors (Lipinski definition) is 4. The van der Waals surface area contributed by atoms with E-state index in [-0.39, 0.29) is 29.9 Å². The first kappa shape index (κ1) is 14.3. The number of carbonyl (C=O) groups is 2. The van der Waals surface area contributed by atoms with Crippen molar-refractivity contribution < 1.29 is 19.1 Å². The Labute approximate surface area is 114 Å². The average Bonchev–Trinajstić information content (AvgIpc) is 2.85. The van der Waals surface area contributed by atoms with E-state index in [1.165, 1.54) is 7.11 Å². The van der Waals surface area contributed by atoms with Gasteiger partial charge in [0.25, 0.3) is 0 Å². The fourth-order valence-electron chi connectivity index (χ4n) is 3.00. The molecule has 5 nitrogen and oxygen atoms in total. The predicted molar refractivity (Wildman–Crippen MR) is 69.5 cm³/mol. The van der Waals surface area contributed by atoms with Gasteiger partial charge >= 0.3 is 5.97 Å². The second kappa shape index (κ2) is 6.37. The van der Waals surface area contributed by atoms with Gasteiger partial charge in [-0.1, -0.05) is 0 Å². The third-order valence-electron chi connectivity index (χ3n) is 4.09. The van der Waals surface area contributed by atoms with E-state index in [4.69, 9.17) is 9.47 Å². The van der Waals surface area contributed by atoms with Crippen molar-refractivity contribution in [2.75, 3.05) is 20.3 Å². The van der Waals surface area contributed by atoms with E-state index in [2.05, 4.69) is 0 Å². The summed E-state index contributed by atoms with van der Waals surface area (Å²) in [5, 5.41) is 0. The van der Waals surface area contributed by atoms with Gasteiger partial charge in [-0.3, -0.25) is 9.59 Å². The van der Waals surface area contributed by atoms with Gasteiger partial charge in [-0.05, 0) is 32.6 Å². The number of piperidine rings is 1. The zero-order valence-corrected chi connectivity index (χ0v) is 11.8. The van der Waals surface area contributed by atoms with Crippen molar-refractivity contribution in [1.82, 2.24) is 4.90 Å². The Balaban J connectivity index is 1.98. The lowest BCUT2D eigenvalue weighted by atomic mass is 9.96. The molecule has 3 atom stereocenters. The summed E-state index contributed by atoms with van der Waals surface area (Å²) in [6, 6.07) is 0.00426. The van der Waals surface area contributed by atoms with E-state index in [9.17, 15) is 9.59 Å². The molecule has 3 unspecified atom stereocenters. The number of amides is 1. The number of hydrogen-bond donors (Lipinski definition) is 0. The van der Waals surface area contributed by atoms with Crippen LogP contribution < -0.4 is 0 Å². The van der Waals surface area contributed by atoms with Crippen molar-refractivity contribution in [2.24, 2.45) is 5.92 Å². The lowest BCUT2D eigenvalue weighted by Gasteiger charge is -2.36. The highest BCUT2D eigenvalue weighted by Gasteiger charge is 2.36. The summed E-state index contributed by atoms with van der Waals surface area (Å²) >= 11 is 0. The molecule has 2 heterocycles. The Morgan fingerprint density at radius 1 is 1.37 bits per heavy atom. The van der Waals surface area contributed by atoms with Crippen molar-refractivity contribution in [3.05, 3.63) is 0 Å². The number of nitrogens with zero attached hydrogens (tertiary/aromatic N) is 1. The van der Waals surface area contributed by atoms with Gasteiger partial charge in [0, 0.05) is 12.6 Å². The number of carbonyl (C=O) groups excluding carboxylic acids is 2. The molecule has 0 spiro atoms. The summed E-state index contributed by atoms with van der Waals surface area (Å²) in [4.78, 5) is 25.8. The number of methoxy groups -OCH3 is 1. The third kappa shape index (κ3) is 3.47. The molecule has 0 aliphatic carbocycles. The minimum atomic E-state index is -0.235. The maximum atomic E-state index is 12.5. The van der Waals surface area contributed by atoms with Crippen molar-refractivity contribution in [3.63, 3.8) is 0 Å². The van der Waals surface area contributed by atoms with Gasteiger partial charge in [0.2, 0.25) is 5.91 Å². The van der Waals surface area contributed by atoms with Gasteiger partial charge in [0.1, 0.15) is 0 Å². The Hall–Kier alpha value is -1.10. The zero-order valence-electron chi connectivity index (χ0n) is 11.8. The second-order valence-corrected chi connectivity index (χ2v) is 5.54. The molecule has 19 heavy (non-hydrogen) atoms. The molecule has 0 saturated carbocycles. The monoisotopic (exact) mass is 269 g/mol. The molecular formula is C14H23NO4. The van der Waals surface area contributed by atoms with Crippen LogP contribution in [0.2, 0.25) is 0 Å². The highest BCUT2D eigenvalue weighted by Crippen LogP contribution is 2.27. The van der Waals surface area contributed by atoms with Crippen LogP contribution in [0.1, 0.15) is 39.0 Å². The summed E-state index contributed by atoms with van der Waals surface area (Å²) in [6.07, 6.45) is 4.25. The summed E-state index contributed by atoms with van der Waals surface area (Å²) in [5.41, 5.74) is 0. The van der Waals surface area contributed by atoms with Crippen LogP contribution in [0.15, 0.2) is 0 Å². The topological polar surface area (TPSA) is 55.8 Å². The van der Waals surface area contributed by atoms with Crippen molar-refractivity contribution in [2.45, 2.75) is 51.2 Å². The summed E-state index contributed by atoms with van der Waals surface area (Å²) in [6.45, 7) is 3.27. The predicted octanol–water partition coefficient (Wildman–Crippen LogP) is 1.36. The fraction of sp³-hybridized carbons (Fsp3) is 0.857. The minimum absolute atomic E-state index is 0.00426. The van der Waals surface area contributed by atoms with Crippen LogP contribution in [0.4, 0.5) is 0 Å². The Morgan fingerprint density at radius 3 is 2.79 bits per heavy atom. The van der Waals surface area contributed by atoms with Gasteiger partial charge in [0.15, 0.2) is 0 Å². The van der Waals surface area contributed by atoms with Crippen molar-refractivity contribution in [1.29, 1.82) is 0 Å². The quantitative estimate of drug-likeness (QED) is 0.726.